The Bertz CT molecular complexity index is 926. The lowest BCUT2D eigenvalue weighted by atomic mass is 9.95. The molecule has 3 amide bonds. The van der Waals surface area contributed by atoms with E-state index in [2.05, 4.69) is 28.0 Å². The molecule has 0 saturated heterocycles. The molecule has 2 unspecified atom stereocenters. The summed E-state index contributed by atoms with van der Waals surface area (Å²) in [6, 6.07) is 3.37. The number of methoxy groups -OCH3 is 1. The molecule has 0 spiro atoms. The van der Waals surface area contributed by atoms with Crippen molar-refractivity contribution in [3.63, 3.8) is 0 Å². The molecule has 1 aliphatic carbocycles. The van der Waals surface area contributed by atoms with Gasteiger partial charge in [0.25, 0.3) is 0 Å². The van der Waals surface area contributed by atoms with Gasteiger partial charge >= 0.3 is 12.1 Å². The van der Waals surface area contributed by atoms with E-state index < -0.39 is 41.6 Å². The van der Waals surface area contributed by atoms with Crippen molar-refractivity contribution in [3.05, 3.63) is 34.9 Å². The van der Waals surface area contributed by atoms with Gasteiger partial charge in [-0.3, -0.25) is 14.4 Å². The Balaban J connectivity index is 2.42. The molecule has 188 valence electrons. The predicted molar refractivity (Wildman–Crippen MR) is 131 cm³/mol. The summed E-state index contributed by atoms with van der Waals surface area (Å²) in [6.45, 7) is 8.66. The van der Waals surface area contributed by atoms with E-state index in [-0.39, 0.29) is 18.3 Å². The van der Waals surface area contributed by atoms with E-state index in [1.807, 2.05) is 26.0 Å². The molecule has 1 fully saturated rings. The normalized spacial score (nSPS) is 15.0. The molecular formula is C24H35N3O6S. The zero-order valence-electron chi connectivity index (χ0n) is 20.6. The van der Waals surface area contributed by atoms with Gasteiger partial charge in [-0.2, -0.15) is 12.6 Å². The average molecular weight is 494 g/mol. The van der Waals surface area contributed by atoms with Gasteiger partial charge < -0.3 is 25.0 Å². The van der Waals surface area contributed by atoms with Crippen molar-refractivity contribution in [1.82, 2.24) is 15.5 Å². The van der Waals surface area contributed by atoms with Gasteiger partial charge in [0.1, 0.15) is 24.2 Å². The summed E-state index contributed by atoms with van der Waals surface area (Å²) in [7, 11) is 1.23. The third-order valence-electron chi connectivity index (χ3n) is 5.47. The summed E-state index contributed by atoms with van der Waals surface area (Å²) in [5.74, 6) is -1.53. The molecule has 10 heteroatoms. The van der Waals surface area contributed by atoms with Crippen molar-refractivity contribution in [1.29, 1.82) is 0 Å². The Kier molecular flexibility index (Phi) is 9.37. The number of alkyl carbamates (subject to hydrolysis) is 1. The molecule has 0 radical (unpaired) electrons. The number of benzene rings is 1. The van der Waals surface area contributed by atoms with Crippen molar-refractivity contribution < 1.29 is 28.7 Å². The number of aryl methyl sites for hydroxylation is 1. The Morgan fingerprint density at radius 3 is 2.35 bits per heavy atom. The number of nitrogens with one attached hydrogen (secondary N) is 2. The monoisotopic (exact) mass is 493 g/mol. The second-order valence-electron chi connectivity index (χ2n) is 9.34. The summed E-state index contributed by atoms with van der Waals surface area (Å²) in [4.78, 5) is 52.6. The van der Waals surface area contributed by atoms with Crippen molar-refractivity contribution in [3.8, 4) is 0 Å². The quantitative estimate of drug-likeness (QED) is 0.360. The van der Waals surface area contributed by atoms with Crippen LogP contribution in [0.2, 0.25) is 0 Å². The van der Waals surface area contributed by atoms with Crippen LogP contribution in [0.15, 0.2) is 18.2 Å². The average Bonchev–Trinajstić information content (AvgIpc) is 3.59. The Hall–Kier alpha value is -2.75. The van der Waals surface area contributed by atoms with E-state index in [1.165, 1.54) is 12.0 Å². The van der Waals surface area contributed by atoms with Crippen LogP contribution < -0.4 is 10.6 Å². The van der Waals surface area contributed by atoms with Crippen molar-refractivity contribution in [2.24, 2.45) is 0 Å². The highest BCUT2D eigenvalue weighted by atomic mass is 32.1. The first kappa shape index (κ1) is 27.5. The Morgan fingerprint density at radius 1 is 1.18 bits per heavy atom. The summed E-state index contributed by atoms with van der Waals surface area (Å²) >= 11 is 4.27. The minimum absolute atomic E-state index is 0.0184. The zero-order valence-corrected chi connectivity index (χ0v) is 21.5. The van der Waals surface area contributed by atoms with Crippen LogP contribution in [0.1, 0.15) is 56.3 Å². The van der Waals surface area contributed by atoms with Crippen LogP contribution in [0.5, 0.6) is 0 Å². The first-order valence-electron chi connectivity index (χ1n) is 11.2. The number of nitrogens with zero attached hydrogens (tertiary/aromatic N) is 1. The lowest BCUT2D eigenvalue weighted by molar-refractivity contribution is -0.145. The van der Waals surface area contributed by atoms with Crippen molar-refractivity contribution in [2.45, 2.75) is 71.2 Å². The molecule has 0 bridgehead atoms. The number of carbonyl (C=O) groups is 4. The van der Waals surface area contributed by atoms with Gasteiger partial charge in [0.05, 0.1) is 7.11 Å². The molecular weight excluding hydrogens is 458 g/mol. The molecule has 34 heavy (non-hydrogen) atoms. The minimum atomic E-state index is -1.00. The number of ether oxygens (including phenoxy) is 2. The van der Waals surface area contributed by atoms with Crippen LogP contribution in [0.4, 0.5) is 4.79 Å². The van der Waals surface area contributed by atoms with Crippen LogP contribution in [0.3, 0.4) is 0 Å². The SMILES string of the molecule is COC(=O)CNC(=O)C(c1cccc(C)c1C)N(C(=O)C(CS)NC(=O)OC(C)(C)C)C1CC1. The topological polar surface area (TPSA) is 114 Å². The zero-order chi connectivity index (χ0) is 25.6. The van der Waals surface area contributed by atoms with E-state index in [9.17, 15) is 19.2 Å². The van der Waals surface area contributed by atoms with E-state index in [1.54, 1.807) is 26.8 Å². The fourth-order valence-electron chi connectivity index (χ4n) is 3.50. The van der Waals surface area contributed by atoms with E-state index >= 15 is 0 Å². The molecule has 1 saturated carbocycles. The van der Waals surface area contributed by atoms with Gasteiger partial charge in [0.2, 0.25) is 11.8 Å². The number of rotatable bonds is 9. The second-order valence-corrected chi connectivity index (χ2v) is 9.71. The highest BCUT2D eigenvalue weighted by Crippen LogP contribution is 2.37. The molecule has 0 heterocycles. The maximum atomic E-state index is 13.7. The first-order valence-corrected chi connectivity index (χ1v) is 11.9. The van der Waals surface area contributed by atoms with Crippen LogP contribution in [0, 0.1) is 13.8 Å². The number of hydrogen-bond acceptors (Lipinski definition) is 7. The molecule has 0 aromatic heterocycles. The molecule has 1 aromatic carbocycles. The standard InChI is InChI=1S/C24H35N3O6S/c1-14-8-7-9-17(15(14)2)20(21(29)25-12-19(28)32-6)27(16-10-11-16)22(30)18(13-34)26-23(31)33-24(3,4)5/h7-9,16,18,20,34H,10-13H2,1-6H3,(H,25,29)(H,26,31). The Morgan fingerprint density at radius 2 is 1.82 bits per heavy atom. The summed E-state index contributed by atoms with van der Waals surface area (Å²) in [5.41, 5.74) is 1.74. The van der Waals surface area contributed by atoms with Crippen LogP contribution in [0.25, 0.3) is 0 Å². The molecule has 2 rings (SSSR count). The third kappa shape index (κ3) is 7.38. The number of amides is 3. The van der Waals surface area contributed by atoms with E-state index in [4.69, 9.17) is 4.74 Å². The number of thiol groups is 1. The van der Waals surface area contributed by atoms with Crippen LogP contribution in [-0.4, -0.2) is 65.9 Å². The lowest BCUT2D eigenvalue weighted by Gasteiger charge is -2.35. The van der Waals surface area contributed by atoms with Gasteiger partial charge in [0.15, 0.2) is 0 Å². The molecule has 9 nitrogen and oxygen atoms in total. The van der Waals surface area contributed by atoms with Gasteiger partial charge in [0, 0.05) is 11.8 Å². The fourth-order valence-corrected chi connectivity index (χ4v) is 3.75. The van der Waals surface area contributed by atoms with Crippen LogP contribution >= 0.6 is 12.6 Å². The fraction of sp³-hybridized carbons (Fsp3) is 0.583. The number of hydrogen-bond donors (Lipinski definition) is 3. The molecule has 0 aliphatic heterocycles. The van der Waals surface area contributed by atoms with Gasteiger partial charge in [-0.1, -0.05) is 18.2 Å². The maximum absolute atomic E-state index is 13.7. The maximum Gasteiger partial charge on any atom is 0.408 e. The molecule has 2 N–H and O–H groups in total. The predicted octanol–water partition coefficient (Wildman–Crippen LogP) is 2.45. The van der Waals surface area contributed by atoms with Gasteiger partial charge in [-0.05, 0) is 64.2 Å². The first-order chi connectivity index (χ1) is 15.9. The largest absolute Gasteiger partial charge is 0.468 e. The smallest absolute Gasteiger partial charge is 0.408 e. The van der Waals surface area contributed by atoms with Gasteiger partial charge in [-0.25, -0.2) is 4.79 Å². The summed E-state index contributed by atoms with van der Waals surface area (Å²) in [6.07, 6.45) is 0.709. The number of carbonyl (C=O) groups excluding carboxylic acids is 4. The van der Waals surface area contributed by atoms with Crippen molar-refractivity contribution >= 4 is 36.5 Å². The van der Waals surface area contributed by atoms with Gasteiger partial charge in [-0.15, -0.1) is 0 Å². The highest BCUT2D eigenvalue weighted by molar-refractivity contribution is 7.80. The molecule has 2 atom stereocenters. The lowest BCUT2D eigenvalue weighted by Crippen LogP contribution is -2.54. The van der Waals surface area contributed by atoms with Crippen molar-refractivity contribution in [2.75, 3.05) is 19.4 Å². The molecule has 1 aliphatic rings. The third-order valence-corrected chi connectivity index (χ3v) is 5.83. The molecule has 1 aromatic rings. The summed E-state index contributed by atoms with van der Waals surface area (Å²) < 4.78 is 9.93. The number of esters is 1. The van der Waals surface area contributed by atoms with Crippen LogP contribution in [-0.2, 0) is 23.9 Å². The van der Waals surface area contributed by atoms with E-state index in [0.717, 1.165) is 24.0 Å². The highest BCUT2D eigenvalue weighted by Gasteiger charge is 2.44. The minimum Gasteiger partial charge on any atom is -0.468 e. The van der Waals surface area contributed by atoms with E-state index in [0.29, 0.717) is 5.56 Å². The summed E-state index contributed by atoms with van der Waals surface area (Å²) in [5, 5.41) is 5.17. The second kappa shape index (κ2) is 11.6. The Labute approximate surface area is 206 Å².